The Morgan fingerprint density at radius 1 is 1.04 bits per heavy atom. The van der Waals surface area contributed by atoms with Crippen LogP contribution in [0.4, 0.5) is 5.69 Å². The van der Waals surface area contributed by atoms with Gasteiger partial charge in [0, 0.05) is 6.42 Å². The monoisotopic (exact) mass is 324 g/mol. The van der Waals surface area contributed by atoms with E-state index in [2.05, 4.69) is 10.6 Å². The van der Waals surface area contributed by atoms with Crippen molar-refractivity contribution in [2.75, 3.05) is 18.4 Å². The fourth-order valence-corrected chi connectivity index (χ4v) is 2.99. The Morgan fingerprint density at radius 3 is 2.54 bits per heavy atom. The molecule has 0 unspecified atom stereocenters. The van der Waals surface area contributed by atoms with Crippen LogP contribution >= 0.6 is 0 Å². The maximum atomic E-state index is 12.3. The summed E-state index contributed by atoms with van der Waals surface area (Å²) in [5.41, 5.74) is 0.719. The molecule has 0 radical (unpaired) electrons. The minimum atomic E-state index is 0.0534. The molecule has 1 fully saturated rings. The molecule has 2 aromatic carbocycles. The molecule has 4 heteroatoms. The molecule has 0 aromatic heterocycles. The summed E-state index contributed by atoms with van der Waals surface area (Å²) in [7, 11) is 0. The number of piperidine rings is 1. The number of carbonyl (C=O) groups excluding carboxylic acids is 1. The average molecular weight is 324 g/mol. The van der Waals surface area contributed by atoms with E-state index in [0.29, 0.717) is 18.1 Å². The third-order valence-electron chi connectivity index (χ3n) is 4.37. The highest BCUT2D eigenvalue weighted by molar-refractivity contribution is 5.92. The summed E-state index contributed by atoms with van der Waals surface area (Å²) in [5.74, 6) is 2.14. The van der Waals surface area contributed by atoms with E-state index in [0.717, 1.165) is 30.9 Å². The number of amides is 1. The molecule has 1 saturated heterocycles. The van der Waals surface area contributed by atoms with E-state index >= 15 is 0 Å². The smallest absolute Gasteiger partial charge is 0.224 e. The van der Waals surface area contributed by atoms with Crippen LogP contribution in [0, 0.1) is 5.92 Å². The lowest BCUT2D eigenvalue weighted by Gasteiger charge is -2.22. The fourth-order valence-electron chi connectivity index (χ4n) is 2.99. The van der Waals surface area contributed by atoms with Crippen molar-refractivity contribution in [1.82, 2.24) is 5.32 Å². The van der Waals surface area contributed by atoms with Gasteiger partial charge < -0.3 is 15.4 Å². The molecule has 2 N–H and O–H groups in total. The van der Waals surface area contributed by atoms with Gasteiger partial charge in [-0.15, -0.1) is 0 Å². The maximum absolute atomic E-state index is 12.3. The molecular weight excluding hydrogens is 300 g/mol. The number of hydrogen-bond acceptors (Lipinski definition) is 3. The number of benzene rings is 2. The molecule has 4 nitrogen and oxygen atoms in total. The predicted octanol–water partition coefficient (Wildman–Crippen LogP) is 4.20. The van der Waals surface area contributed by atoms with Crippen molar-refractivity contribution in [3.05, 3.63) is 54.6 Å². The summed E-state index contributed by atoms with van der Waals surface area (Å²) in [5, 5.41) is 6.35. The number of carbonyl (C=O) groups is 1. The number of nitrogens with one attached hydrogen (secondary N) is 2. The topological polar surface area (TPSA) is 50.4 Å². The Kier molecular flexibility index (Phi) is 5.85. The zero-order valence-electron chi connectivity index (χ0n) is 13.8. The van der Waals surface area contributed by atoms with Gasteiger partial charge in [-0.05, 0) is 62.5 Å². The van der Waals surface area contributed by atoms with Gasteiger partial charge in [-0.1, -0.05) is 30.3 Å². The van der Waals surface area contributed by atoms with E-state index in [9.17, 15) is 4.79 Å². The van der Waals surface area contributed by atoms with Crippen LogP contribution in [0.3, 0.4) is 0 Å². The Labute approximate surface area is 143 Å². The van der Waals surface area contributed by atoms with Crippen molar-refractivity contribution in [1.29, 1.82) is 0 Å². The summed E-state index contributed by atoms with van der Waals surface area (Å²) < 4.78 is 5.88. The van der Waals surface area contributed by atoms with Crippen molar-refractivity contribution in [3.63, 3.8) is 0 Å². The van der Waals surface area contributed by atoms with Gasteiger partial charge in [-0.2, -0.15) is 0 Å². The van der Waals surface area contributed by atoms with Crippen LogP contribution in [0.25, 0.3) is 0 Å². The van der Waals surface area contributed by atoms with Crippen molar-refractivity contribution in [2.24, 2.45) is 5.92 Å². The molecule has 0 bridgehead atoms. The van der Waals surface area contributed by atoms with Gasteiger partial charge in [0.2, 0.25) is 5.91 Å². The Morgan fingerprint density at radius 2 is 1.75 bits per heavy atom. The fraction of sp³-hybridized carbons (Fsp3) is 0.350. The highest BCUT2D eigenvalue weighted by atomic mass is 16.5. The first-order valence-electron chi connectivity index (χ1n) is 8.64. The second kappa shape index (κ2) is 8.50. The molecular formula is C20H24N2O2. The van der Waals surface area contributed by atoms with Crippen molar-refractivity contribution >= 4 is 11.6 Å². The molecule has 0 spiro atoms. The normalized spacial score (nSPS) is 15.0. The minimum Gasteiger partial charge on any atom is -0.455 e. The van der Waals surface area contributed by atoms with Gasteiger partial charge in [0.15, 0.2) is 5.75 Å². The molecule has 3 rings (SSSR count). The Bertz CT molecular complexity index is 652. The van der Waals surface area contributed by atoms with Gasteiger partial charge in [-0.25, -0.2) is 0 Å². The molecule has 1 heterocycles. The summed E-state index contributed by atoms with van der Waals surface area (Å²) in [6.45, 7) is 2.14. The summed E-state index contributed by atoms with van der Waals surface area (Å²) >= 11 is 0. The van der Waals surface area contributed by atoms with Crippen molar-refractivity contribution < 1.29 is 9.53 Å². The second-order valence-electron chi connectivity index (χ2n) is 6.19. The molecule has 0 aliphatic carbocycles. The third kappa shape index (κ3) is 4.83. The average Bonchev–Trinajstić information content (AvgIpc) is 2.63. The maximum Gasteiger partial charge on any atom is 0.224 e. The van der Waals surface area contributed by atoms with Crippen LogP contribution in [0.5, 0.6) is 11.5 Å². The van der Waals surface area contributed by atoms with E-state index < -0.39 is 0 Å². The van der Waals surface area contributed by atoms with Crippen molar-refractivity contribution in [2.45, 2.75) is 25.7 Å². The lowest BCUT2D eigenvalue weighted by Crippen LogP contribution is -2.28. The van der Waals surface area contributed by atoms with E-state index in [-0.39, 0.29) is 5.91 Å². The molecule has 1 aliphatic heterocycles. The van der Waals surface area contributed by atoms with E-state index in [4.69, 9.17) is 4.74 Å². The first kappa shape index (κ1) is 16.5. The van der Waals surface area contributed by atoms with Crippen LogP contribution < -0.4 is 15.4 Å². The zero-order valence-corrected chi connectivity index (χ0v) is 13.8. The number of rotatable bonds is 6. The zero-order chi connectivity index (χ0) is 16.6. The number of anilines is 1. The van der Waals surface area contributed by atoms with E-state index in [1.165, 1.54) is 12.8 Å². The standard InChI is InChI=1S/C20H24N2O2/c23-20(11-10-16-12-14-21-15-13-16)22-18-8-4-5-9-19(18)24-17-6-2-1-3-7-17/h1-9,16,21H,10-15H2,(H,22,23). The molecule has 2 aromatic rings. The van der Waals surface area contributed by atoms with E-state index in [1.54, 1.807) is 0 Å². The number of para-hydroxylation sites is 3. The SMILES string of the molecule is O=C(CCC1CCNCC1)Nc1ccccc1Oc1ccccc1. The van der Waals surface area contributed by atoms with Crippen LogP contribution in [-0.4, -0.2) is 19.0 Å². The van der Waals surface area contributed by atoms with Crippen LogP contribution in [0.2, 0.25) is 0 Å². The van der Waals surface area contributed by atoms with Gasteiger partial charge >= 0.3 is 0 Å². The third-order valence-corrected chi connectivity index (χ3v) is 4.37. The quantitative estimate of drug-likeness (QED) is 0.837. The number of hydrogen-bond donors (Lipinski definition) is 2. The highest BCUT2D eigenvalue weighted by Crippen LogP contribution is 2.29. The molecule has 126 valence electrons. The Hall–Kier alpha value is -2.33. The summed E-state index contributed by atoms with van der Waals surface area (Å²) in [6, 6.07) is 17.2. The molecule has 0 atom stereocenters. The highest BCUT2D eigenvalue weighted by Gasteiger charge is 2.15. The first-order chi connectivity index (χ1) is 11.8. The minimum absolute atomic E-state index is 0.0534. The van der Waals surface area contributed by atoms with Gasteiger partial charge in [0.05, 0.1) is 5.69 Å². The first-order valence-corrected chi connectivity index (χ1v) is 8.64. The van der Waals surface area contributed by atoms with Crippen molar-refractivity contribution in [3.8, 4) is 11.5 Å². The van der Waals surface area contributed by atoms with Crippen LogP contribution in [0.15, 0.2) is 54.6 Å². The number of ether oxygens (including phenoxy) is 1. The van der Waals surface area contributed by atoms with Crippen LogP contribution in [-0.2, 0) is 4.79 Å². The lowest BCUT2D eigenvalue weighted by atomic mass is 9.93. The van der Waals surface area contributed by atoms with Gasteiger partial charge in [0.1, 0.15) is 5.75 Å². The van der Waals surface area contributed by atoms with Gasteiger partial charge in [-0.3, -0.25) is 4.79 Å². The molecule has 1 amide bonds. The largest absolute Gasteiger partial charge is 0.455 e. The second-order valence-corrected chi connectivity index (χ2v) is 6.19. The predicted molar refractivity (Wildman–Crippen MR) is 96.4 cm³/mol. The lowest BCUT2D eigenvalue weighted by molar-refractivity contribution is -0.116. The van der Waals surface area contributed by atoms with Gasteiger partial charge in [0.25, 0.3) is 0 Å². The summed E-state index contributed by atoms with van der Waals surface area (Å²) in [6.07, 6.45) is 3.85. The molecule has 24 heavy (non-hydrogen) atoms. The molecule has 0 saturated carbocycles. The Balaban J connectivity index is 1.57. The van der Waals surface area contributed by atoms with E-state index in [1.807, 2.05) is 54.6 Å². The van der Waals surface area contributed by atoms with Crippen LogP contribution in [0.1, 0.15) is 25.7 Å². The molecule has 1 aliphatic rings. The summed E-state index contributed by atoms with van der Waals surface area (Å²) in [4.78, 5) is 12.3.